The van der Waals surface area contributed by atoms with Gasteiger partial charge in [0.25, 0.3) is 0 Å². The topological polar surface area (TPSA) is 86.5 Å². The summed E-state index contributed by atoms with van der Waals surface area (Å²) in [5.41, 5.74) is 3.02. The first kappa shape index (κ1) is 24.4. The van der Waals surface area contributed by atoms with Gasteiger partial charge in [0.15, 0.2) is 5.69 Å². The number of carbonyl (C=O) groups excluding carboxylic acids is 1. The molecule has 3 aliphatic heterocycles. The predicted octanol–water partition coefficient (Wildman–Crippen LogP) is 3.33. The summed E-state index contributed by atoms with van der Waals surface area (Å²) in [5.74, 6) is 0.279. The Kier molecular flexibility index (Phi) is 6.27. The molecule has 8 nitrogen and oxygen atoms in total. The quantitative estimate of drug-likeness (QED) is 0.495. The molecular weight excluding hydrogens is 473 g/mol. The normalized spacial score (nSPS) is 18.7. The van der Waals surface area contributed by atoms with Crippen molar-refractivity contribution in [2.24, 2.45) is 7.05 Å². The second-order valence-corrected chi connectivity index (χ2v) is 9.54. The minimum absolute atomic E-state index is 0.0352. The lowest BCUT2D eigenvalue weighted by Gasteiger charge is -2.38. The van der Waals surface area contributed by atoms with E-state index in [2.05, 4.69) is 10.4 Å². The van der Waals surface area contributed by atoms with E-state index in [-0.39, 0.29) is 17.5 Å². The molecule has 0 aliphatic carbocycles. The van der Waals surface area contributed by atoms with Crippen molar-refractivity contribution in [3.8, 4) is 11.1 Å². The molecule has 0 unspecified atom stereocenters. The Labute approximate surface area is 207 Å². The first-order valence-corrected chi connectivity index (χ1v) is 12.0. The number of aromatic nitrogens is 2. The summed E-state index contributed by atoms with van der Waals surface area (Å²) in [6.07, 6.45) is -1.06. The first-order chi connectivity index (χ1) is 17.1. The Morgan fingerprint density at radius 1 is 1.22 bits per heavy atom. The van der Waals surface area contributed by atoms with Crippen LogP contribution in [0, 0.1) is 5.41 Å². The van der Waals surface area contributed by atoms with Gasteiger partial charge in [-0.2, -0.15) is 18.3 Å². The molecule has 0 bridgehead atoms. The van der Waals surface area contributed by atoms with E-state index in [1.807, 2.05) is 4.90 Å². The number of halogens is 3. The van der Waals surface area contributed by atoms with E-state index >= 15 is 0 Å². The number of fused-ring (bicyclic) bond motifs is 1. The summed E-state index contributed by atoms with van der Waals surface area (Å²) < 4.78 is 47.1. The van der Waals surface area contributed by atoms with E-state index in [0.717, 1.165) is 28.9 Å². The van der Waals surface area contributed by atoms with Gasteiger partial charge < -0.3 is 19.9 Å². The molecule has 11 heteroatoms. The van der Waals surface area contributed by atoms with Crippen LogP contribution in [0.2, 0.25) is 0 Å². The molecule has 1 amide bonds. The van der Waals surface area contributed by atoms with Crippen LogP contribution in [0.4, 0.5) is 18.9 Å². The Morgan fingerprint density at radius 2 is 2.00 bits per heavy atom. The first-order valence-electron chi connectivity index (χ1n) is 12.0. The maximum absolute atomic E-state index is 13.5. The lowest BCUT2D eigenvalue weighted by Crippen LogP contribution is -2.50. The van der Waals surface area contributed by atoms with Gasteiger partial charge in [-0.1, -0.05) is 6.07 Å². The van der Waals surface area contributed by atoms with E-state index in [0.29, 0.717) is 57.1 Å². The van der Waals surface area contributed by atoms with Crippen LogP contribution in [0.1, 0.15) is 31.0 Å². The maximum atomic E-state index is 13.5. The Balaban J connectivity index is 1.48. The lowest BCUT2D eigenvalue weighted by molar-refractivity contribution is -0.141. The largest absolute Gasteiger partial charge is 0.435 e. The maximum Gasteiger partial charge on any atom is 0.435 e. The van der Waals surface area contributed by atoms with Gasteiger partial charge in [-0.15, -0.1) is 0 Å². The van der Waals surface area contributed by atoms with Crippen molar-refractivity contribution in [2.75, 3.05) is 37.7 Å². The minimum atomic E-state index is -4.55. The summed E-state index contributed by atoms with van der Waals surface area (Å²) in [5, 5.41) is 16.3. The van der Waals surface area contributed by atoms with Gasteiger partial charge >= 0.3 is 6.18 Å². The molecule has 2 N–H and O–H groups in total. The molecule has 3 aliphatic rings. The zero-order valence-corrected chi connectivity index (χ0v) is 20.3. The van der Waals surface area contributed by atoms with Gasteiger partial charge in [0.05, 0.1) is 25.8 Å². The van der Waals surface area contributed by atoms with Gasteiger partial charge in [0.1, 0.15) is 5.84 Å². The van der Waals surface area contributed by atoms with Crippen LogP contribution in [0.5, 0.6) is 0 Å². The fourth-order valence-electron chi connectivity index (χ4n) is 5.04. The summed E-state index contributed by atoms with van der Waals surface area (Å²) >= 11 is 0. The van der Waals surface area contributed by atoms with Crippen molar-refractivity contribution in [3.63, 3.8) is 0 Å². The number of nitrogens with one attached hydrogen (secondary N) is 2. The number of benzene rings is 1. The highest BCUT2D eigenvalue weighted by atomic mass is 19.4. The summed E-state index contributed by atoms with van der Waals surface area (Å²) in [7, 11) is 1.48. The minimum Gasteiger partial charge on any atom is -0.381 e. The summed E-state index contributed by atoms with van der Waals surface area (Å²) in [6.45, 7) is 4.32. The second kappa shape index (κ2) is 9.27. The number of rotatable bonds is 4. The number of anilines is 1. The fraction of sp³-hybridized carbons (Fsp3) is 0.480. The highest BCUT2D eigenvalue weighted by molar-refractivity contribution is 6.09. The number of hydrogen-bond acceptors (Lipinski definition) is 5. The summed E-state index contributed by atoms with van der Waals surface area (Å²) in [6, 6.07) is 5.44. The van der Waals surface area contributed by atoms with Crippen molar-refractivity contribution in [1.82, 2.24) is 20.0 Å². The van der Waals surface area contributed by atoms with E-state index < -0.39 is 11.9 Å². The van der Waals surface area contributed by atoms with E-state index in [9.17, 15) is 18.0 Å². The van der Waals surface area contributed by atoms with E-state index in [1.54, 1.807) is 23.1 Å². The number of carbonyl (C=O) groups is 1. The van der Waals surface area contributed by atoms with Crippen molar-refractivity contribution >= 4 is 17.4 Å². The molecule has 0 spiro atoms. The molecule has 5 rings (SSSR count). The molecule has 1 aromatic heterocycles. The SMILES string of the molecule is CC(=O)N1CCC(NC2COC2)=C(C(=N)N2CCCc3cc(-c4cn(C)nc4C(F)(F)F)ccc32)C1. The van der Waals surface area contributed by atoms with Crippen molar-refractivity contribution in [3.05, 3.63) is 46.9 Å². The van der Waals surface area contributed by atoms with Crippen LogP contribution in [0.25, 0.3) is 11.1 Å². The van der Waals surface area contributed by atoms with Crippen LogP contribution < -0.4 is 10.2 Å². The van der Waals surface area contributed by atoms with Gasteiger partial charge in [0, 0.05) is 62.2 Å². The van der Waals surface area contributed by atoms with E-state index in [4.69, 9.17) is 10.1 Å². The van der Waals surface area contributed by atoms with Crippen LogP contribution in [-0.4, -0.2) is 65.3 Å². The van der Waals surface area contributed by atoms with E-state index in [1.165, 1.54) is 24.9 Å². The van der Waals surface area contributed by atoms with Crippen LogP contribution in [0.15, 0.2) is 35.7 Å². The molecule has 36 heavy (non-hydrogen) atoms. The van der Waals surface area contributed by atoms with Crippen molar-refractivity contribution in [1.29, 1.82) is 5.41 Å². The molecule has 0 radical (unpaired) electrons. The molecule has 1 aromatic carbocycles. The zero-order valence-electron chi connectivity index (χ0n) is 20.3. The number of alkyl halides is 3. The second-order valence-electron chi connectivity index (χ2n) is 9.54. The zero-order chi connectivity index (χ0) is 25.6. The number of aryl methyl sites for hydroxylation is 2. The Hall–Kier alpha value is -3.34. The highest BCUT2D eigenvalue weighted by Crippen LogP contribution is 2.39. The third-order valence-corrected chi connectivity index (χ3v) is 6.97. The van der Waals surface area contributed by atoms with Crippen LogP contribution in [-0.2, 0) is 29.2 Å². The van der Waals surface area contributed by atoms with Crippen molar-refractivity contribution < 1.29 is 22.7 Å². The van der Waals surface area contributed by atoms with Crippen molar-refractivity contribution in [2.45, 2.75) is 38.4 Å². The molecule has 1 saturated heterocycles. The lowest BCUT2D eigenvalue weighted by atomic mass is 9.94. The molecule has 0 atom stereocenters. The van der Waals surface area contributed by atoms with Crippen LogP contribution in [0.3, 0.4) is 0 Å². The van der Waals surface area contributed by atoms with Gasteiger partial charge in [-0.05, 0) is 36.1 Å². The molecule has 4 heterocycles. The average molecular weight is 503 g/mol. The van der Waals surface area contributed by atoms with Gasteiger partial charge in [0.2, 0.25) is 5.91 Å². The molecule has 192 valence electrons. The molecule has 2 aromatic rings. The smallest absolute Gasteiger partial charge is 0.381 e. The highest BCUT2D eigenvalue weighted by Gasteiger charge is 2.38. The summed E-state index contributed by atoms with van der Waals surface area (Å²) in [4.78, 5) is 15.8. The number of ether oxygens (including phenoxy) is 1. The average Bonchev–Trinajstić information content (AvgIpc) is 3.22. The van der Waals surface area contributed by atoms with Gasteiger partial charge in [-0.3, -0.25) is 14.9 Å². The predicted molar refractivity (Wildman–Crippen MR) is 129 cm³/mol. The number of nitrogens with zero attached hydrogens (tertiary/aromatic N) is 4. The molecule has 0 saturated carbocycles. The fourth-order valence-corrected chi connectivity index (χ4v) is 5.04. The van der Waals surface area contributed by atoms with Crippen LogP contribution >= 0.6 is 0 Å². The standard InChI is InChI=1S/C25H29F3N6O2/c1-15(35)33-9-7-21(30-18-13-36-14-18)20(12-33)24(29)34-8-3-4-17-10-16(5-6-22(17)34)19-11-32(2)31-23(19)25(26,27)28/h5-6,10-11,18,29-30H,3-4,7-9,12-14H2,1-2H3. The van der Waals surface area contributed by atoms with Gasteiger partial charge in [-0.25, -0.2) is 0 Å². The molecular formula is C25H29F3N6O2. The third-order valence-electron chi connectivity index (χ3n) is 6.97. The monoisotopic (exact) mass is 502 g/mol. The number of hydrogen-bond donors (Lipinski definition) is 2. The number of amides is 1. The Bertz CT molecular complexity index is 1230. The Morgan fingerprint density at radius 3 is 2.67 bits per heavy atom. The number of amidine groups is 1. The third kappa shape index (κ3) is 4.59. The molecule has 1 fully saturated rings.